The number of rotatable bonds is 4. The van der Waals surface area contributed by atoms with E-state index >= 15 is 0 Å². The number of para-hydroxylation sites is 1. The van der Waals surface area contributed by atoms with Crippen molar-refractivity contribution in [1.29, 1.82) is 0 Å². The largest absolute Gasteiger partial charge is 0.338 e. The van der Waals surface area contributed by atoms with Crippen LogP contribution in [-0.2, 0) is 0 Å². The Labute approximate surface area is 166 Å². The Kier molecular flexibility index (Phi) is 4.06. The molecule has 0 radical (unpaired) electrons. The van der Waals surface area contributed by atoms with Gasteiger partial charge in [-0.3, -0.25) is 0 Å². The molecule has 5 nitrogen and oxygen atoms in total. The highest BCUT2D eigenvalue weighted by Gasteiger charge is 2.17. The zero-order chi connectivity index (χ0) is 19.1. The van der Waals surface area contributed by atoms with Crippen molar-refractivity contribution in [2.75, 3.05) is 5.32 Å². The van der Waals surface area contributed by atoms with Gasteiger partial charge in [0.1, 0.15) is 0 Å². The number of anilines is 2. The fraction of sp³-hybridized carbons (Fsp3) is 0.136. The van der Waals surface area contributed by atoms with E-state index < -0.39 is 0 Å². The van der Waals surface area contributed by atoms with Gasteiger partial charge in [0.05, 0.1) is 6.33 Å². The summed E-state index contributed by atoms with van der Waals surface area (Å²) in [6.45, 7) is 4.26. The minimum absolute atomic E-state index is 0.261. The second-order valence-electron chi connectivity index (χ2n) is 6.95. The zero-order valence-corrected chi connectivity index (χ0v) is 16.4. The van der Waals surface area contributed by atoms with Gasteiger partial charge in [0, 0.05) is 32.8 Å². The van der Waals surface area contributed by atoms with E-state index in [-0.39, 0.29) is 6.04 Å². The first-order chi connectivity index (χ1) is 13.7. The molecule has 2 aromatic carbocycles. The molecule has 6 heteroatoms. The Hall–Kier alpha value is -3.25. The number of nitrogens with zero attached hydrogens (tertiary/aromatic N) is 4. The van der Waals surface area contributed by atoms with E-state index in [4.69, 9.17) is 9.97 Å². The van der Waals surface area contributed by atoms with Crippen LogP contribution >= 0.6 is 11.3 Å². The number of hydrogen-bond donors (Lipinski definition) is 1. The molecule has 138 valence electrons. The lowest BCUT2D eigenvalue weighted by Gasteiger charge is -2.11. The summed E-state index contributed by atoms with van der Waals surface area (Å²) in [5.41, 5.74) is 3.65. The van der Waals surface area contributed by atoms with Gasteiger partial charge >= 0.3 is 0 Å². The number of imidazole rings is 1. The van der Waals surface area contributed by atoms with Crippen LogP contribution in [0.3, 0.4) is 0 Å². The second kappa shape index (κ2) is 6.73. The summed E-state index contributed by atoms with van der Waals surface area (Å²) >= 11 is 1.71. The van der Waals surface area contributed by atoms with Crippen LogP contribution in [0.1, 0.15) is 19.9 Å². The van der Waals surface area contributed by atoms with Gasteiger partial charge in [-0.05, 0) is 32.0 Å². The molecular formula is C22H19N5S. The van der Waals surface area contributed by atoms with Gasteiger partial charge in [-0.2, -0.15) is 0 Å². The van der Waals surface area contributed by atoms with Gasteiger partial charge in [-0.25, -0.2) is 15.0 Å². The van der Waals surface area contributed by atoms with E-state index in [9.17, 15) is 0 Å². The molecule has 0 bridgehead atoms. The van der Waals surface area contributed by atoms with Gasteiger partial charge in [0.15, 0.2) is 22.8 Å². The molecule has 3 heterocycles. The zero-order valence-electron chi connectivity index (χ0n) is 15.6. The number of hydrogen-bond acceptors (Lipinski definition) is 5. The molecule has 1 N–H and O–H groups in total. The summed E-state index contributed by atoms with van der Waals surface area (Å²) in [5, 5.41) is 6.73. The van der Waals surface area contributed by atoms with E-state index in [2.05, 4.69) is 58.4 Å². The number of benzene rings is 2. The van der Waals surface area contributed by atoms with Gasteiger partial charge in [-0.1, -0.05) is 36.4 Å². The van der Waals surface area contributed by atoms with Crippen molar-refractivity contribution in [2.45, 2.75) is 19.9 Å². The Morgan fingerprint density at radius 1 is 0.964 bits per heavy atom. The maximum Gasteiger partial charge on any atom is 0.166 e. The summed E-state index contributed by atoms with van der Waals surface area (Å²) in [5.74, 6) is 1.44. The smallest absolute Gasteiger partial charge is 0.166 e. The van der Waals surface area contributed by atoms with E-state index in [1.54, 1.807) is 11.3 Å². The quantitative estimate of drug-likeness (QED) is 0.410. The van der Waals surface area contributed by atoms with Crippen molar-refractivity contribution in [1.82, 2.24) is 19.5 Å². The standard InChI is InChI=1S/C22H19N5S/c1-14(2)27-13-23-19-21(24-15-8-4-3-5-9-15)25-20(26-22(19)27)17-12-28-18-11-7-6-10-16(17)18/h3-14H,1-2H3,(H,24,25,26). The highest BCUT2D eigenvalue weighted by atomic mass is 32.1. The number of thiophene rings is 1. The third kappa shape index (κ3) is 2.82. The predicted molar refractivity (Wildman–Crippen MR) is 116 cm³/mol. The molecule has 0 saturated heterocycles. The molecule has 0 saturated carbocycles. The lowest BCUT2D eigenvalue weighted by Crippen LogP contribution is -2.03. The fourth-order valence-corrected chi connectivity index (χ4v) is 4.25. The van der Waals surface area contributed by atoms with Crippen LogP contribution in [0.5, 0.6) is 0 Å². The molecule has 0 atom stereocenters. The third-order valence-corrected chi connectivity index (χ3v) is 5.70. The Morgan fingerprint density at radius 2 is 1.75 bits per heavy atom. The van der Waals surface area contributed by atoms with E-state index in [0.29, 0.717) is 5.82 Å². The monoisotopic (exact) mass is 385 g/mol. The number of aromatic nitrogens is 4. The first kappa shape index (κ1) is 16.9. The van der Waals surface area contributed by atoms with Crippen LogP contribution in [0.15, 0.2) is 66.3 Å². The van der Waals surface area contributed by atoms with Crippen LogP contribution < -0.4 is 5.32 Å². The van der Waals surface area contributed by atoms with Gasteiger partial charge in [-0.15, -0.1) is 11.3 Å². The highest BCUT2D eigenvalue weighted by Crippen LogP contribution is 2.34. The summed E-state index contributed by atoms with van der Waals surface area (Å²) in [6.07, 6.45) is 1.84. The van der Waals surface area contributed by atoms with Gasteiger partial charge in [0.25, 0.3) is 0 Å². The summed E-state index contributed by atoms with van der Waals surface area (Å²) in [6, 6.07) is 18.7. The van der Waals surface area contributed by atoms with Crippen LogP contribution in [-0.4, -0.2) is 19.5 Å². The fourth-order valence-electron chi connectivity index (χ4n) is 3.31. The molecule has 3 aromatic heterocycles. The Balaban J connectivity index is 1.74. The van der Waals surface area contributed by atoms with Crippen molar-refractivity contribution in [3.8, 4) is 11.4 Å². The molecule has 0 aliphatic rings. The molecular weight excluding hydrogens is 366 g/mol. The topological polar surface area (TPSA) is 55.6 Å². The molecule has 5 rings (SSSR count). The Bertz CT molecular complexity index is 1270. The van der Waals surface area contributed by atoms with Crippen molar-refractivity contribution in [3.05, 3.63) is 66.3 Å². The van der Waals surface area contributed by atoms with E-state index in [1.807, 2.05) is 36.7 Å². The highest BCUT2D eigenvalue weighted by molar-refractivity contribution is 7.17. The van der Waals surface area contributed by atoms with Crippen molar-refractivity contribution < 1.29 is 0 Å². The summed E-state index contributed by atoms with van der Waals surface area (Å²) in [4.78, 5) is 14.4. The molecule has 0 amide bonds. The van der Waals surface area contributed by atoms with Crippen molar-refractivity contribution in [3.63, 3.8) is 0 Å². The van der Waals surface area contributed by atoms with Crippen LogP contribution in [0.4, 0.5) is 11.5 Å². The first-order valence-electron chi connectivity index (χ1n) is 9.24. The van der Waals surface area contributed by atoms with E-state index in [0.717, 1.165) is 28.2 Å². The molecule has 0 aliphatic heterocycles. The lowest BCUT2D eigenvalue weighted by molar-refractivity contribution is 0.613. The minimum atomic E-state index is 0.261. The SMILES string of the molecule is CC(C)n1cnc2c(Nc3ccccc3)nc(-c3csc4ccccc34)nc21. The van der Waals surface area contributed by atoms with Crippen LogP contribution in [0.25, 0.3) is 32.6 Å². The van der Waals surface area contributed by atoms with Crippen molar-refractivity contribution in [2.24, 2.45) is 0 Å². The van der Waals surface area contributed by atoms with Crippen LogP contribution in [0, 0.1) is 0 Å². The summed E-state index contributed by atoms with van der Waals surface area (Å²) in [7, 11) is 0. The molecule has 28 heavy (non-hydrogen) atoms. The average Bonchev–Trinajstić information content (AvgIpc) is 3.33. The van der Waals surface area contributed by atoms with Gasteiger partial charge in [0.2, 0.25) is 0 Å². The summed E-state index contributed by atoms with van der Waals surface area (Å²) < 4.78 is 3.32. The number of fused-ring (bicyclic) bond motifs is 2. The molecule has 0 aliphatic carbocycles. The number of nitrogens with one attached hydrogen (secondary N) is 1. The first-order valence-corrected chi connectivity index (χ1v) is 10.1. The predicted octanol–water partition coefficient (Wildman–Crippen LogP) is 6.03. The van der Waals surface area contributed by atoms with E-state index in [1.165, 1.54) is 10.1 Å². The van der Waals surface area contributed by atoms with Crippen molar-refractivity contribution >= 4 is 44.1 Å². The average molecular weight is 385 g/mol. The second-order valence-corrected chi connectivity index (χ2v) is 7.86. The Morgan fingerprint density at radius 3 is 2.57 bits per heavy atom. The maximum absolute atomic E-state index is 4.91. The third-order valence-electron chi connectivity index (χ3n) is 4.74. The van der Waals surface area contributed by atoms with Crippen LogP contribution in [0.2, 0.25) is 0 Å². The molecule has 0 spiro atoms. The van der Waals surface area contributed by atoms with Gasteiger partial charge < -0.3 is 9.88 Å². The normalized spacial score (nSPS) is 11.5. The maximum atomic E-state index is 4.91. The molecule has 0 unspecified atom stereocenters. The minimum Gasteiger partial charge on any atom is -0.338 e. The molecule has 0 fully saturated rings. The molecule has 5 aromatic rings. The lowest BCUT2D eigenvalue weighted by atomic mass is 10.1.